The number of hydrogen-bond donors (Lipinski definition) is 1. The van der Waals surface area contributed by atoms with Crippen molar-refractivity contribution in [1.29, 1.82) is 0 Å². The Kier molecular flexibility index (Phi) is 15.9. The van der Waals surface area contributed by atoms with Crippen molar-refractivity contribution in [3.63, 3.8) is 0 Å². The highest BCUT2D eigenvalue weighted by Crippen LogP contribution is 2.47. The molecule has 0 aromatic heterocycles. The molecular weight excluding hydrogens is 556 g/mol. The molecule has 0 heterocycles. The van der Waals surface area contributed by atoms with E-state index in [1.54, 1.807) is 30.4 Å². The fourth-order valence-electron chi connectivity index (χ4n) is 4.20. The van der Waals surface area contributed by atoms with E-state index in [4.69, 9.17) is 44.1 Å². The van der Waals surface area contributed by atoms with Crippen molar-refractivity contribution in [2.24, 2.45) is 20.8 Å². The number of benzene rings is 1. The number of ketones is 1. The number of halogens is 2. The van der Waals surface area contributed by atoms with Crippen LogP contribution in [0.5, 0.6) is 5.75 Å². The highest BCUT2D eigenvalue weighted by molar-refractivity contribution is 8.09. The summed E-state index contributed by atoms with van der Waals surface area (Å²) in [5, 5.41) is 4.04. The van der Waals surface area contributed by atoms with Gasteiger partial charge in [-0.15, -0.1) is 0 Å². The van der Waals surface area contributed by atoms with Crippen LogP contribution in [0.2, 0.25) is 10.0 Å². The minimum Gasteiger partial charge on any atom is -0.431 e. The van der Waals surface area contributed by atoms with Gasteiger partial charge >= 0.3 is 6.64 Å². The van der Waals surface area contributed by atoms with Gasteiger partial charge in [-0.05, 0) is 87.8 Å². The van der Waals surface area contributed by atoms with E-state index in [-0.39, 0.29) is 28.7 Å². The molecule has 1 saturated carbocycles. The Morgan fingerprint density at radius 3 is 2.27 bits per heavy atom. The molecule has 3 atom stereocenters. The first-order valence-corrected chi connectivity index (χ1v) is 15.1. The topological polar surface area (TPSA) is 106 Å². The number of rotatable bonds is 8. The van der Waals surface area contributed by atoms with E-state index in [0.717, 1.165) is 19.3 Å². The highest BCUT2D eigenvalue weighted by atomic mass is 35.5. The fraction of sp³-hybridized carbons (Fsp3) is 0.640. The zero-order chi connectivity index (χ0) is 28.9. The van der Waals surface area contributed by atoms with Crippen LogP contribution in [0.3, 0.4) is 0 Å². The predicted octanol–water partition coefficient (Wildman–Crippen LogP) is 7.08. The number of hydrogen-bond acceptors (Lipinski definition) is 8. The molecule has 1 aliphatic rings. The van der Waals surface area contributed by atoms with Gasteiger partial charge in [-0.25, -0.2) is 24.7 Å². The zero-order valence-electron chi connectivity index (χ0n) is 22.8. The van der Waals surface area contributed by atoms with E-state index in [0.29, 0.717) is 22.3 Å². The molecule has 208 valence electrons. The summed E-state index contributed by atoms with van der Waals surface area (Å²) in [5.41, 5.74) is 0.0561. The van der Waals surface area contributed by atoms with Gasteiger partial charge in [0, 0.05) is 18.2 Å². The average Bonchev–Trinajstić information content (AvgIpc) is 2.73. The SMILES string of the molecule is CC(C)=O.CC1(C)CC(N=C=O)CC(C)(CN=C=O)C1.COP(=S)(NC(C)C)Oc1ccc(Cl)cc1Cl. The molecule has 12 heteroatoms. The molecular formula is C25H38Cl2N3O5PS. The van der Waals surface area contributed by atoms with Gasteiger partial charge in [-0.2, -0.15) is 0 Å². The summed E-state index contributed by atoms with van der Waals surface area (Å²) >= 11 is 17.1. The summed E-state index contributed by atoms with van der Waals surface area (Å²) in [6.07, 6.45) is 5.88. The molecule has 8 nitrogen and oxygen atoms in total. The smallest absolute Gasteiger partial charge is 0.312 e. The fourth-order valence-corrected chi connectivity index (χ4v) is 6.86. The van der Waals surface area contributed by atoms with Crippen LogP contribution in [0, 0.1) is 10.8 Å². The lowest BCUT2D eigenvalue weighted by Gasteiger charge is -2.44. The largest absolute Gasteiger partial charge is 0.431 e. The van der Waals surface area contributed by atoms with Crippen LogP contribution in [0.1, 0.15) is 67.7 Å². The summed E-state index contributed by atoms with van der Waals surface area (Å²) in [5.74, 6) is 0.634. The molecule has 3 unspecified atom stereocenters. The van der Waals surface area contributed by atoms with Gasteiger partial charge in [0.2, 0.25) is 12.2 Å². The quantitative estimate of drug-likeness (QED) is 0.195. The predicted molar refractivity (Wildman–Crippen MR) is 154 cm³/mol. The second-order valence-corrected chi connectivity index (χ2v) is 14.5. The monoisotopic (exact) mass is 593 g/mol. The molecule has 0 amide bonds. The van der Waals surface area contributed by atoms with Crippen LogP contribution in [0.15, 0.2) is 28.2 Å². The second-order valence-electron chi connectivity index (χ2n) is 10.4. The number of nitrogens with zero attached hydrogens (tertiary/aromatic N) is 2. The maximum Gasteiger partial charge on any atom is 0.312 e. The lowest BCUT2D eigenvalue weighted by molar-refractivity contribution is -0.115. The minimum atomic E-state index is -2.56. The van der Waals surface area contributed by atoms with Crippen molar-refractivity contribution in [3.8, 4) is 5.75 Å². The molecule has 0 spiro atoms. The Labute approximate surface area is 235 Å². The molecule has 37 heavy (non-hydrogen) atoms. The summed E-state index contributed by atoms with van der Waals surface area (Å²) < 4.78 is 10.9. The van der Waals surface area contributed by atoms with Gasteiger partial charge in [0.1, 0.15) is 11.5 Å². The third kappa shape index (κ3) is 15.6. The first-order valence-electron chi connectivity index (χ1n) is 11.7. The molecule has 0 radical (unpaired) electrons. The minimum absolute atomic E-state index is 0.00750. The number of carbonyl (C=O) groups excluding carboxylic acids is 3. The molecule has 1 N–H and O–H groups in total. The van der Waals surface area contributed by atoms with Crippen molar-refractivity contribution in [1.82, 2.24) is 5.09 Å². The van der Waals surface area contributed by atoms with E-state index < -0.39 is 6.64 Å². The van der Waals surface area contributed by atoms with Crippen molar-refractivity contribution in [2.45, 2.75) is 79.8 Å². The lowest BCUT2D eigenvalue weighted by atomic mass is 9.63. The number of carbonyl (C=O) groups is 1. The average molecular weight is 595 g/mol. The third-order valence-electron chi connectivity index (χ3n) is 4.95. The molecule has 1 aliphatic carbocycles. The van der Waals surface area contributed by atoms with E-state index in [1.165, 1.54) is 21.0 Å². The Morgan fingerprint density at radius 1 is 1.22 bits per heavy atom. The van der Waals surface area contributed by atoms with Crippen molar-refractivity contribution < 1.29 is 23.4 Å². The maximum absolute atomic E-state index is 10.3. The molecule has 2 rings (SSSR count). The van der Waals surface area contributed by atoms with Gasteiger partial charge in [0.05, 0.1) is 17.6 Å². The number of Topliss-reactive ketones (excluding diaryl/α,β-unsaturated/α-hetero) is 1. The van der Waals surface area contributed by atoms with Crippen molar-refractivity contribution in [2.75, 3.05) is 13.7 Å². The van der Waals surface area contributed by atoms with Crippen LogP contribution in [-0.4, -0.2) is 43.7 Å². The molecule has 0 aliphatic heterocycles. The lowest BCUT2D eigenvalue weighted by Crippen LogP contribution is -2.39. The van der Waals surface area contributed by atoms with Crippen molar-refractivity contribution in [3.05, 3.63) is 28.2 Å². The number of isocyanates is 2. The summed E-state index contributed by atoms with van der Waals surface area (Å²) in [4.78, 5) is 37.5. The first-order chi connectivity index (χ1) is 17.0. The van der Waals surface area contributed by atoms with E-state index in [2.05, 4.69) is 35.8 Å². The van der Waals surface area contributed by atoms with Gasteiger partial charge in [-0.1, -0.05) is 44.0 Å². The van der Waals surface area contributed by atoms with Gasteiger partial charge in [0.15, 0.2) is 0 Å². The summed E-state index contributed by atoms with van der Waals surface area (Å²) in [6, 6.07) is 5.13. The molecule has 0 bridgehead atoms. The van der Waals surface area contributed by atoms with Gasteiger partial charge in [0.25, 0.3) is 0 Å². The van der Waals surface area contributed by atoms with Crippen LogP contribution in [0.25, 0.3) is 0 Å². The Balaban J connectivity index is 0.000000613. The second kappa shape index (κ2) is 16.5. The van der Waals surface area contributed by atoms with Gasteiger partial charge in [-0.3, -0.25) is 0 Å². The van der Waals surface area contributed by atoms with Crippen molar-refractivity contribution >= 4 is 59.6 Å². The maximum atomic E-state index is 10.3. The Morgan fingerprint density at radius 2 is 1.81 bits per heavy atom. The Hall–Kier alpha value is -1.40. The van der Waals surface area contributed by atoms with E-state index in [9.17, 15) is 14.4 Å². The van der Waals surface area contributed by atoms with Crippen LogP contribution in [-0.2, 0) is 30.7 Å². The van der Waals surface area contributed by atoms with Gasteiger partial charge < -0.3 is 13.8 Å². The normalized spacial score (nSPS) is 21.4. The highest BCUT2D eigenvalue weighted by Gasteiger charge is 2.41. The molecule has 1 aromatic rings. The Bertz CT molecular complexity index is 1040. The third-order valence-corrected chi connectivity index (χ3v) is 8.22. The van der Waals surface area contributed by atoms with E-state index >= 15 is 0 Å². The summed E-state index contributed by atoms with van der Waals surface area (Å²) in [6.45, 7) is 11.3. The molecule has 1 aromatic carbocycles. The molecule has 0 saturated heterocycles. The van der Waals surface area contributed by atoms with Crippen LogP contribution in [0.4, 0.5) is 0 Å². The number of aliphatic imine (C=N–C) groups is 2. The van der Waals surface area contributed by atoms with Crippen LogP contribution >= 0.6 is 29.8 Å². The summed E-state index contributed by atoms with van der Waals surface area (Å²) in [7, 11) is 1.51. The standard InChI is InChI=1S/C12H18N2O2.C10H14Cl2NO2PS.C3H6O/c1-11(2)4-10(14-9-16)5-12(3,6-11)7-13-8-15;1-7(2)13-16(17,14-3)15-10-5-4-8(11)6-9(10)12;1-3(2)4/h10H,4-7H2,1-3H3;4-7H,1-3H3,(H,13,17);1-2H3. The van der Waals surface area contributed by atoms with Crippen LogP contribution < -0.4 is 9.61 Å². The zero-order valence-corrected chi connectivity index (χ0v) is 26.0. The first kappa shape index (κ1) is 35.6. The van der Waals surface area contributed by atoms with E-state index in [1.807, 2.05) is 13.8 Å². The number of nitrogens with one attached hydrogen (secondary N) is 1. The molecule has 1 fully saturated rings.